The molecule has 0 radical (unpaired) electrons. The van der Waals surface area contributed by atoms with Crippen LogP contribution in [0.4, 0.5) is 5.13 Å². The molecule has 30 heavy (non-hydrogen) atoms. The van der Waals surface area contributed by atoms with Crippen LogP contribution in [0.1, 0.15) is 55.7 Å². The van der Waals surface area contributed by atoms with Gasteiger partial charge in [-0.3, -0.25) is 4.79 Å². The van der Waals surface area contributed by atoms with Gasteiger partial charge in [0, 0.05) is 37.0 Å². The van der Waals surface area contributed by atoms with Crippen molar-refractivity contribution >= 4 is 22.6 Å². The van der Waals surface area contributed by atoms with E-state index in [1.54, 1.807) is 0 Å². The summed E-state index contributed by atoms with van der Waals surface area (Å²) in [6.45, 7) is 8.94. The number of carbonyl (C=O) groups is 1. The van der Waals surface area contributed by atoms with Crippen molar-refractivity contribution < 1.29 is 4.79 Å². The molecule has 1 N–H and O–H groups in total. The summed E-state index contributed by atoms with van der Waals surface area (Å²) in [6, 6.07) is 18.7. The molecule has 0 aliphatic carbocycles. The van der Waals surface area contributed by atoms with Crippen LogP contribution in [0.3, 0.4) is 0 Å². The molecule has 1 atom stereocenters. The molecule has 3 aromatic rings. The normalized spacial score (nSPS) is 12.0. The van der Waals surface area contributed by atoms with Crippen molar-refractivity contribution in [2.24, 2.45) is 0 Å². The van der Waals surface area contributed by atoms with Crippen molar-refractivity contribution in [1.82, 2.24) is 14.7 Å². The average molecular weight is 423 g/mol. The second-order valence-corrected chi connectivity index (χ2v) is 8.62. The van der Waals surface area contributed by atoms with Gasteiger partial charge < -0.3 is 10.2 Å². The van der Waals surface area contributed by atoms with Gasteiger partial charge in [-0.1, -0.05) is 60.2 Å². The standard InChI is InChI=1S/C24H30N4OS/c1-17(2)28(15-14-23(29)25-19(4)21-8-6-5-7-9-21)24-26-22(27-30-24)16-20-12-10-18(3)11-13-20/h5-13,17,19H,14-16H2,1-4H3,(H,25,29)/t19-/m0/s1. The largest absolute Gasteiger partial charge is 0.350 e. The summed E-state index contributed by atoms with van der Waals surface area (Å²) in [5.74, 6) is 0.869. The molecule has 0 aliphatic heterocycles. The maximum absolute atomic E-state index is 12.5. The van der Waals surface area contributed by atoms with Crippen LogP contribution in [-0.4, -0.2) is 27.9 Å². The van der Waals surface area contributed by atoms with E-state index in [2.05, 4.69) is 59.6 Å². The minimum absolute atomic E-state index is 0.00570. The van der Waals surface area contributed by atoms with E-state index in [0.29, 0.717) is 13.0 Å². The van der Waals surface area contributed by atoms with Crippen LogP contribution < -0.4 is 10.2 Å². The number of anilines is 1. The first-order chi connectivity index (χ1) is 14.4. The lowest BCUT2D eigenvalue weighted by Gasteiger charge is -2.25. The van der Waals surface area contributed by atoms with Crippen molar-refractivity contribution in [3.05, 3.63) is 77.1 Å². The fraction of sp³-hybridized carbons (Fsp3) is 0.375. The molecular weight excluding hydrogens is 392 g/mol. The molecule has 158 valence electrons. The van der Waals surface area contributed by atoms with Crippen LogP contribution in [-0.2, 0) is 11.2 Å². The van der Waals surface area contributed by atoms with Gasteiger partial charge in [0.2, 0.25) is 11.0 Å². The second kappa shape index (κ2) is 10.3. The summed E-state index contributed by atoms with van der Waals surface area (Å²) in [5, 5.41) is 3.96. The summed E-state index contributed by atoms with van der Waals surface area (Å²) >= 11 is 1.40. The molecule has 1 heterocycles. The van der Waals surface area contributed by atoms with E-state index in [9.17, 15) is 4.79 Å². The quantitative estimate of drug-likeness (QED) is 0.532. The van der Waals surface area contributed by atoms with Crippen LogP contribution in [0.5, 0.6) is 0 Å². The molecule has 0 bridgehead atoms. The number of hydrogen-bond donors (Lipinski definition) is 1. The molecule has 0 aliphatic rings. The predicted molar refractivity (Wildman–Crippen MR) is 124 cm³/mol. The number of nitrogens with one attached hydrogen (secondary N) is 1. The SMILES string of the molecule is Cc1ccc(Cc2nsc(N(CCC(=O)N[C@@H](C)c3ccccc3)C(C)C)n2)cc1. The maximum atomic E-state index is 12.5. The van der Waals surface area contributed by atoms with Gasteiger partial charge in [-0.05, 0) is 38.8 Å². The van der Waals surface area contributed by atoms with Crippen LogP contribution in [0.2, 0.25) is 0 Å². The van der Waals surface area contributed by atoms with Crippen LogP contribution in [0.25, 0.3) is 0 Å². The van der Waals surface area contributed by atoms with Crippen molar-refractivity contribution in [1.29, 1.82) is 0 Å². The van der Waals surface area contributed by atoms with Crippen molar-refractivity contribution in [2.45, 2.75) is 52.6 Å². The van der Waals surface area contributed by atoms with E-state index in [4.69, 9.17) is 4.98 Å². The number of nitrogens with zero attached hydrogens (tertiary/aromatic N) is 3. The van der Waals surface area contributed by atoms with Crippen molar-refractivity contribution in [3.8, 4) is 0 Å². The zero-order chi connectivity index (χ0) is 21.5. The van der Waals surface area contributed by atoms with E-state index in [1.165, 1.54) is 22.7 Å². The number of benzene rings is 2. The minimum Gasteiger partial charge on any atom is -0.350 e. The van der Waals surface area contributed by atoms with Crippen molar-refractivity contribution in [2.75, 3.05) is 11.4 Å². The van der Waals surface area contributed by atoms with Gasteiger partial charge in [-0.2, -0.15) is 4.37 Å². The molecule has 0 spiro atoms. The highest BCUT2D eigenvalue weighted by atomic mass is 32.1. The van der Waals surface area contributed by atoms with Gasteiger partial charge in [0.1, 0.15) is 5.82 Å². The van der Waals surface area contributed by atoms with Gasteiger partial charge in [-0.15, -0.1) is 0 Å². The molecule has 0 saturated carbocycles. The fourth-order valence-corrected chi connectivity index (χ4v) is 4.10. The molecule has 5 nitrogen and oxygen atoms in total. The molecule has 1 amide bonds. The highest BCUT2D eigenvalue weighted by Gasteiger charge is 2.18. The van der Waals surface area contributed by atoms with Gasteiger partial charge >= 0.3 is 0 Å². The first kappa shape index (κ1) is 22.0. The summed E-state index contributed by atoms with van der Waals surface area (Å²) in [7, 11) is 0. The summed E-state index contributed by atoms with van der Waals surface area (Å²) in [6.07, 6.45) is 1.14. The molecule has 1 aromatic heterocycles. The number of amides is 1. The van der Waals surface area contributed by atoms with E-state index in [-0.39, 0.29) is 18.0 Å². The Morgan fingerprint density at radius 3 is 2.43 bits per heavy atom. The number of aryl methyl sites for hydroxylation is 1. The van der Waals surface area contributed by atoms with Crippen LogP contribution in [0.15, 0.2) is 54.6 Å². The lowest BCUT2D eigenvalue weighted by molar-refractivity contribution is -0.121. The van der Waals surface area contributed by atoms with E-state index < -0.39 is 0 Å². The van der Waals surface area contributed by atoms with Gasteiger partial charge in [0.15, 0.2) is 0 Å². The van der Waals surface area contributed by atoms with Crippen LogP contribution >= 0.6 is 11.5 Å². The van der Waals surface area contributed by atoms with E-state index in [0.717, 1.165) is 22.9 Å². The topological polar surface area (TPSA) is 58.1 Å². The Balaban J connectivity index is 1.57. The number of carbonyl (C=O) groups excluding carboxylic acids is 1. The Kier molecular flexibility index (Phi) is 7.57. The van der Waals surface area contributed by atoms with Gasteiger partial charge in [0.05, 0.1) is 6.04 Å². The first-order valence-electron chi connectivity index (χ1n) is 10.4. The third-order valence-corrected chi connectivity index (χ3v) is 5.86. The number of rotatable bonds is 9. The molecule has 2 aromatic carbocycles. The third kappa shape index (κ3) is 6.13. The summed E-state index contributed by atoms with van der Waals surface area (Å²) < 4.78 is 4.54. The Morgan fingerprint density at radius 1 is 1.07 bits per heavy atom. The van der Waals surface area contributed by atoms with Crippen molar-refractivity contribution in [3.63, 3.8) is 0 Å². The Bertz CT molecular complexity index is 937. The lowest BCUT2D eigenvalue weighted by Crippen LogP contribution is -2.36. The summed E-state index contributed by atoms with van der Waals surface area (Å²) in [5.41, 5.74) is 3.56. The van der Waals surface area contributed by atoms with Crippen LogP contribution in [0, 0.1) is 6.92 Å². The molecule has 0 unspecified atom stereocenters. The van der Waals surface area contributed by atoms with Gasteiger partial charge in [-0.25, -0.2) is 4.98 Å². The monoisotopic (exact) mass is 422 g/mol. The molecule has 0 fully saturated rings. The highest BCUT2D eigenvalue weighted by Crippen LogP contribution is 2.22. The third-order valence-electron chi connectivity index (χ3n) is 5.07. The first-order valence-corrected chi connectivity index (χ1v) is 11.2. The lowest BCUT2D eigenvalue weighted by atomic mass is 10.1. The number of aromatic nitrogens is 2. The van der Waals surface area contributed by atoms with E-state index in [1.807, 2.05) is 37.3 Å². The highest BCUT2D eigenvalue weighted by molar-refractivity contribution is 7.09. The summed E-state index contributed by atoms with van der Waals surface area (Å²) in [4.78, 5) is 19.4. The average Bonchev–Trinajstić information content (AvgIpc) is 3.18. The zero-order valence-corrected chi connectivity index (χ0v) is 18.9. The smallest absolute Gasteiger partial charge is 0.222 e. The fourth-order valence-electron chi connectivity index (χ4n) is 3.26. The molecule has 3 rings (SSSR count). The minimum atomic E-state index is -0.00570. The zero-order valence-electron chi connectivity index (χ0n) is 18.1. The predicted octanol–water partition coefficient (Wildman–Crippen LogP) is 4.92. The molecule has 0 saturated heterocycles. The van der Waals surface area contributed by atoms with E-state index >= 15 is 0 Å². The van der Waals surface area contributed by atoms with Gasteiger partial charge in [0.25, 0.3) is 0 Å². The Morgan fingerprint density at radius 2 is 1.77 bits per heavy atom. The Labute approximate surface area is 183 Å². The Hall–Kier alpha value is -2.73. The number of hydrogen-bond acceptors (Lipinski definition) is 5. The molecule has 6 heteroatoms. The molecular formula is C24H30N4OS. The second-order valence-electron chi connectivity index (χ2n) is 7.89. The maximum Gasteiger partial charge on any atom is 0.222 e.